The number of hydrogen-bond acceptors (Lipinski definition) is 4. The number of carbonyl (C=O) groups excluding carboxylic acids is 2. The Morgan fingerprint density at radius 3 is 2.33 bits per heavy atom. The van der Waals surface area contributed by atoms with Crippen LogP contribution >= 0.6 is 43.5 Å². The summed E-state index contributed by atoms with van der Waals surface area (Å²) in [4.78, 5) is 24.9. The Bertz CT molecular complexity index is 1240. The molecule has 0 spiro atoms. The van der Waals surface area contributed by atoms with Crippen LogP contribution in [0.4, 0.5) is 11.4 Å². The molecule has 0 aliphatic heterocycles. The largest absolute Gasteiger partial charge is 0.482 e. The van der Waals surface area contributed by atoms with Crippen LogP contribution in [0.15, 0.2) is 81.2 Å². The van der Waals surface area contributed by atoms with Crippen LogP contribution in [0, 0.1) is 11.3 Å². The molecule has 3 aromatic rings. The van der Waals surface area contributed by atoms with Gasteiger partial charge in [0.15, 0.2) is 6.61 Å². The van der Waals surface area contributed by atoms with E-state index in [-0.39, 0.29) is 18.1 Å². The van der Waals surface area contributed by atoms with Gasteiger partial charge in [0.2, 0.25) is 0 Å². The van der Waals surface area contributed by atoms with Gasteiger partial charge in [0.05, 0.1) is 4.47 Å². The summed E-state index contributed by atoms with van der Waals surface area (Å²) in [6.07, 6.45) is 1.39. The number of para-hydroxylation sites is 1. The minimum atomic E-state index is -0.594. The van der Waals surface area contributed by atoms with Crippen molar-refractivity contribution in [3.05, 3.63) is 91.8 Å². The lowest BCUT2D eigenvalue weighted by Gasteiger charge is -2.13. The molecular formula is C24H16Br2ClN3O3. The van der Waals surface area contributed by atoms with Crippen molar-refractivity contribution < 1.29 is 14.3 Å². The number of nitrogens with zero attached hydrogens (tertiary/aromatic N) is 1. The van der Waals surface area contributed by atoms with E-state index < -0.39 is 5.91 Å². The molecule has 0 fully saturated rings. The van der Waals surface area contributed by atoms with Crippen molar-refractivity contribution in [1.82, 2.24) is 0 Å². The topological polar surface area (TPSA) is 91.2 Å². The summed E-state index contributed by atoms with van der Waals surface area (Å²) in [7, 11) is 0. The third kappa shape index (κ3) is 7.19. The SMILES string of the molecule is N#C/C(=C/c1cc(Br)cc(Br)c1OCC(=O)Nc1ccccc1)C(=O)Nc1ccc(Cl)cc1. The number of benzene rings is 3. The molecule has 0 bridgehead atoms. The highest BCUT2D eigenvalue weighted by Crippen LogP contribution is 2.34. The average Bonchev–Trinajstić information content (AvgIpc) is 2.78. The van der Waals surface area contributed by atoms with Crippen molar-refractivity contribution in [1.29, 1.82) is 5.26 Å². The van der Waals surface area contributed by atoms with E-state index in [0.29, 0.717) is 36.7 Å². The highest BCUT2D eigenvalue weighted by molar-refractivity contribution is 9.11. The molecule has 33 heavy (non-hydrogen) atoms. The number of ether oxygens (including phenoxy) is 1. The lowest BCUT2D eigenvalue weighted by molar-refractivity contribution is -0.118. The smallest absolute Gasteiger partial charge is 0.266 e. The maximum atomic E-state index is 12.6. The number of amides is 2. The molecule has 0 saturated carbocycles. The molecule has 0 saturated heterocycles. The summed E-state index contributed by atoms with van der Waals surface area (Å²) in [5.74, 6) is -0.635. The molecule has 2 N–H and O–H groups in total. The van der Waals surface area contributed by atoms with Crippen LogP contribution < -0.4 is 15.4 Å². The number of rotatable bonds is 7. The van der Waals surface area contributed by atoms with E-state index in [9.17, 15) is 14.9 Å². The van der Waals surface area contributed by atoms with Gasteiger partial charge in [-0.15, -0.1) is 0 Å². The molecule has 2 amide bonds. The fraction of sp³-hybridized carbons (Fsp3) is 0.0417. The second kappa shape index (κ2) is 11.7. The van der Waals surface area contributed by atoms with E-state index in [2.05, 4.69) is 42.5 Å². The molecule has 9 heteroatoms. The third-order valence-electron chi connectivity index (χ3n) is 4.21. The Morgan fingerprint density at radius 1 is 1.00 bits per heavy atom. The molecular weight excluding hydrogens is 574 g/mol. The molecule has 166 valence electrons. The number of nitriles is 1. The molecule has 0 aliphatic carbocycles. The summed E-state index contributed by atoms with van der Waals surface area (Å²) in [5, 5.41) is 15.5. The van der Waals surface area contributed by atoms with Gasteiger partial charge < -0.3 is 15.4 Å². The van der Waals surface area contributed by atoms with Gasteiger partial charge in [-0.1, -0.05) is 45.7 Å². The van der Waals surface area contributed by atoms with Crippen LogP contribution in [0.3, 0.4) is 0 Å². The van der Waals surface area contributed by atoms with Gasteiger partial charge in [-0.25, -0.2) is 0 Å². The van der Waals surface area contributed by atoms with Crippen molar-refractivity contribution in [3.63, 3.8) is 0 Å². The van der Waals surface area contributed by atoms with Crippen LogP contribution in [-0.2, 0) is 9.59 Å². The van der Waals surface area contributed by atoms with E-state index in [1.54, 1.807) is 48.5 Å². The lowest BCUT2D eigenvalue weighted by Crippen LogP contribution is -2.20. The Labute approximate surface area is 212 Å². The van der Waals surface area contributed by atoms with Crippen molar-refractivity contribution >= 4 is 72.7 Å². The van der Waals surface area contributed by atoms with Crippen molar-refractivity contribution in [2.45, 2.75) is 0 Å². The Balaban J connectivity index is 1.80. The first kappa shape index (κ1) is 24.5. The molecule has 3 aromatic carbocycles. The molecule has 0 heterocycles. The van der Waals surface area contributed by atoms with Gasteiger partial charge in [0.25, 0.3) is 11.8 Å². The van der Waals surface area contributed by atoms with E-state index >= 15 is 0 Å². The van der Waals surface area contributed by atoms with Crippen molar-refractivity contribution in [3.8, 4) is 11.8 Å². The minimum absolute atomic E-state index is 0.145. The molecule has 0 unspecified atom stereocenters. The number of hydrogen-bond donors (Lipinski definition) is 2. The second-order valence-corrected chi connectivity index (χ2v) is 8.85. The van der Waals surface area contributed by atoms with Crippen molar-refractivity contribution in [2.75, 3.05) is 17.2 Å². The normalized spacial score (nSPS) is 10.8. The average molecular weight is 590 g/mol. The van der Waals surface area contributed by atoms with Crippen LogP contribution in [0.5, 0.6) is 5.75 Å². The Kier molecular flexibility index (Phi) is 8.66. The summed E-state index contributed by atoms with van der Waals surface area (Å²) < 4.78 is 6.97. The van der Waals surface area contributed by atoms with Crippen LogP contribution in [0.25, 0.3) is 6.08 Å². The quantitative estimate of drug-likeness (QED) is 0.246. The molecule has 3 rings (SSSR count). The molecule has 0 atom stereocenters. The van der Waals surface area contributed by atoms with Crippen molar-refractivity contribution in [2.24, 2.45) is 0 Å². The zero-order chi connectivity index (χ0) is 23.8. The predicted molar refractivity (Wildman–Crippen MR) is 136 cm³/mol. The first-order chi connectivity index (χ1) is 15.9. The Hall–Kier alpha value is -3.12. The summed E-state index contributed by atoms with van der Waals surface area (Å²) >= 11 is 12.7. The monoisotopic (exact) mass is 587 g/mol. The fourth-order valence-corrected chi connectivity index (χ4v) is 4.23. The van der Waals surface area contributed by atoms with Gasteiger partial charge in [-0.05, 0) is 70.5 Å². The standard InChI is InChI=1S/C24H16Br2ClN3O3/c25-17-11-15(10-16(13-28)24(32)30-20-8-6-18(27)7-9-20)23(21(26)12-17)33-14-22(31)29-19-4-2-1-3-5-19/h1-12H,14H2,(H,29,31)(H,30,32)/b16-10-. The number of halogens is 3. The molecule has 6 nitrogen and oxygen atoms in total. The highest BCUT2D eigenvalue weighted by Gasteiger charge is 2.15. The summed E-state index contributed by atoms with van der Waals surface area (Å²) in [6, 6.07) is 20.8. The molecule has 0 radical (unpaired) electrons. The zero-order valence-corrected chi connectivity index (χ0v) is 20.9. The van der Waals surface area contributed by atoms with Gasteiger partial charge in [-0.3, -0.25) is 9.59 Å². The van der Waals surface area contributed by atoms with E-state index in [1.165, 1.54) is 6.08 Å². The van der Waals surface area contributed by atoms with Gasteiger partial charge in [0.1, 0.15) is 17.4 Å². The van der Waals surface area contributed by atoms with E-state index in [1.807, 2.05) is 24.3 Å². The molecule has 0 aromatic heterocycles. The van der Waals surface area contributed by atoms with Crippen LogP contribution in [0.2, 0.25) is 5.02 Å². The minimum Gasteiger partial charge on any atom is -0.482 e. The van der Waals surface area contributed by atoms with E-state index in [4.69, 9.17) is 16.3 Å². The number of carbonyl (C=O) groups is 2. The third-order valence-corrected chi connectivity index (χ3v) is 5.51. The maximum absolute atomic E-state index is 12.6. The first-order valence-corrected chi connectivity index (χ1v) is 11.5. The number of nitrogens with one attached hydrogen (secondary N) is 2. The van der Waals surface area contributed by atoms with Gasteiger partial charge in [-0.2, -0.15) is 5.26 Å². The summed E-state index contributed by atoms with van der Waals surface area (Å²) in [5.41, 5.74) is 1.43. The maximum Gasteiger partial charge on any atom is 0.266 e. The fourth-order valence-electron chi connectivity index (χ4n) is 2.73. The van der Waals surface area contributed by atoms with Gasteiger partial charge in [0, 0.05) is 26.4 Å². The Morgan fingerprint density at radius 2 is 1.67 bits per heavy atom. The van der Waals surface area contributed by atoms with Crippen LogP contribution in [-0.4, -0.2) is 18.4 Å². The molecule has 0 aliphatic rings. The number of anilines is 2. The first-order valence-electron chi connectivity index (χ1n) is 9.51. The van der Waals surface area contributed by atoms with Gasteiger partial charge >= 0.3 is 0 Å². The zero-order valence-electron chi connectivity index (χ0n) is 16.9. The van der Waals surface area contributed by atoms with E-state index in [0.717, 1.165) is 0 Å². The lowest BCUT2D eigenvalue weighted by atomic mass is 10.1. The van der Waals surface area contributed by atoms with Crippen LogP contribution in [0.1, 0.15) is 5.56 Å². The summed E-state index contributed by atoms with van der Waals surface area (Å²) in [6.45, 7) is -0.269. The second-order valence-electron chi connectivity index (χ2n) is 6.64. The highest BCUT2D eigenvalue weighted by atomic mass is 79.9. The predicted octanol–water partition coefficient (Wildman–Crippen LogP) is 6.43.